The van der Waals surface area contributed by atoms with Crippen molar-refractivity contribution in [1.82, 2.24) is 15.2 Å². The molecule has 4 rings (SSSR count). The fourth-order valence-electron chi connectivity index (χ4n) is 2.59. The molecule has 3 aromatic heterocycles. The highest BCUT2D eigenvalue weighted by Crippen LogP contribution is 2.34. The van der Waals surface area contributed by atoms with Gasteiger partial charge in [0.1, 0.15) is 10.8 Å². The zero-order chi connectivity index (χ0) is 19.5. The molecular weight excluding hydrogens is 398 g/mol. The van der Waals surface area contributed by atoms with E-state index >= 15 is 0 Å². The van der Waals surface area contributed by atoms with Gasteiger partial charge in [0.25, 0.3) is 11.1 Å². The van der Waals surface area contributed by atoms with Gasteiger partial charge >= 0.3 is 0 Å². The van der Waals surface area contributed by atoms with Gasteiger partial charge in [-0.05, 0) is 31.2 Å². The van der Waals surface area contributed by atoms with E-state index in [9.17, 15) is 0 Å². The van der Waals surface area contributed by atoms with Gasteiger partial charge in [0.05, 0.1) is 31.7 Å². The maximum Gasteiger partial charge on any atom is 0.277 e. The minimum atomic E-state index is 0.457. The number of aromatic nitrogens is 3. The van der Waals surface area contributed by atoms with Crippen molar-refractivity contribution in [3.63, 3.8) is 0 Å². The first-order valence-electron chi connectivity index (χ1n) is 8.35. The van der Waals surface area contributed by atoms with E-state index in [1.54, 1.807) is 31.8 Å². The lowest BCUT2D eigenvalue weighted by atomic mass is 10.2. The minimum absolute atomic E-state index is 0.457. The molecule has 0 N–H and O–H groups in total. The molecule has 1 aromatic carbocycles. The zero-order valence-electron chi connectivity index (χ0n) is 15.5. The Bertz CT molecular complexity index is 1090. The van der Waals surface area contributed by atoms with E-state index in [0.29, 0.717) is 28.4 Å². The van der Waals surface area contributed by atoms with Crippen LogP contribution in [0.2, 0.25) is 0 Å². The van der Waals surface area contributed by atoms with Crippen LogP contribution in [0.15, 0.2) is 50.0 Å². The normalized spacial score (nSPS) is 11.0. The van der Waals surface area contributed by atoms with Crippen LogP contribution in [0, 0.1) is 6.92 Å². The summed E-state index contributed by atoms with van der Waals surface area (Å²) in [6.45, 7) is 1.86. The zero-order valence-corrected chi connectivity index (χ0v) is 17.1. The first kappa shape index (κ1) is 18.6. The smallest absolute Gasteiger partial charge is 0.277 e. The molecule has 0 aliphatic rings. The van der Waals surface area contributed by atoms with Crippen LogP contribution in [-0.4, -0.2) is 29.4 Å². The molecule has 0 saturated heterocycles. The molecule has 4 aromatic rings. The standard InChI is InChI=1S/C19H17N3O4S2/c1-11-14(6-7-25-11)17-21-22-19(26-17)28-10-13-9-27-18(20-13)12-4-5-15(23-2)16(8-12)24-3/h4-9H,10H2,1-3H3. The number of hydrogen-bond donors (Lipinski definition) is 0. The van der Waals surface area contributed by atoms with Crippen LogP contribution in [0.4, 0.5) is 0 Å². The van der Waals surface area contributed by atoms with Crippen LogP contribution >= 0.6 is 23.1 Å². The van der Waals surface area contributed by atoms with Gasteiger partial charge in [0.15, 0.2) is 11.5 Å². The Kier molecular flexibility index (Phi) is 5.36. The number of nitrogens with zero attached hydrogens (tertiary/aromatic N) is 3. The van der Waals surface area contributed by atoms with Crippen molar-refractivity contribution in [2.24, 2.45) is 0 Å². The molecule has 0 saturated carbocycles. The molecule has 0 bridgehead atoms. The molecule has 0 spiro atoms. The van der Waals surface area contributed by atoms with E-state index in [1.807, 2.05) is 36.6 Å². The largest absolute Gasteiger partial charge is 0.493 e. The summed E-state index contributed by atoms with van der Waals surface area (Å²) in [5, 5.41) is 11.6. The number of hydrogen-bond acceptors (Lipinski definition) is 9. The quantitative estimate of drug-likeness (QED) is 0.387. The first-order chi connectivity index (χ1) is 13.7. The molecule has 0 amide bonds. The molecule has 0 fully saturated rings. The van der Waals surface area contributed by atoms with Crippen LogP contribution in [0.1, 0.15) is 11.5 Å². The second kappa shape index (κ2) is 8.07. The predicted molar refractivity (Wildman–Crippen MR) is 107 cm³/mol. The molecule has 0 aliphatic carbocycles. The van der Waals surface area contributed by atoms with E-state index in [2.05, 4.69) is 10.2 Å². The van der Waals surface area contributed by atoms with Gasteiger partial charge in [-0.3, -0.25) is 0 Å². The molecule has 144 valence electrons. The maximum atomic E-state index is 5.70. The van der Waals surface area contributed by atoms with Crippen LogP contribution in [0.5, 0.6) is 11.5 Å². The van der Waals surface area contributed by atoms with E-state index in [-0.39, 0.29) is 0 Å². The molecule has 0 radical (unpaired) electrons. The summed E-state index contributed by atoms with van der Waals surface area (Å²) < 4.78 is 21.6. The number of thioether (sulfide) groups is 1. The number of methoxy groups -OCH3 is 2. The number of rotatable bonds is 7. The highest BCUT2D eigenvalue weighted by atomic mass is 32.2. The number of thiazole rings is 1. The summed E-state index contributed by atoms with van der Waals surface area (Å²) in [6.07, 6.45) is 1.60. The van der Waals surface area contributed by atoms with Crippen molar-refractivity contribution >= 4 is 23.1 Å². The Balaban J connectivity index is 1.44. The van der Waals surface area contributed by atoms with Gasteiger partial charge in [0, 0.05) is 16.7 Å². The van der Waals surface area contributed by atoms with Crippen molar-refractivity contribution < 1.29 is 18.3 Å². The topological polar surface area (TPSA) is 83.4 Å². The average Bonchev–Trinajstić information content (AvgIpc) is 3.46. The second-order valence-electron chi connectivity index (χ2n) is 5.77. The predicted octanol–water partition coefficient (Wildman–Crippen LogP) is 5.07. The number of benzene rings is 1. The molecular formula is C19H17N3O4S2. The fraction of sp³-hybridized carbons (Fsp3) is 0.211. The molecule has 7 nitrogen and oxygen atoms in total. The van der Waals surface area contributed by atoms with Gasteiger partial charge in [0.2, 0.25) is 0 Å². The van der Waals surface area contributed by atoms with Gasteiger partial charge in [-0.1, -0.05) is 11.8 Å². The van der Waals surface area contributed by atoms with Crippen LogP contribution in [0.25, 0.3) is 22.0 Å². The Morgan fingerprint density at radius 3 is 2.71 bits per heavy atom. The lowest BCUT2D eigenvalue weighted by Gasteiger charge is -2.08. The third-order valence-corrected chi connectivity index (χ3v) is 5.81. The van der Waals surface area contributed by atoms with E-state index in [4.69, 9.17) is 23.3 Å². The number of aryl methyl sites for hydroxylation is 1. The molecule has 0 unspecified atom stereocenters. The number of ether oxygens (including phenoxy) is 2. The van der Waals surface area contributed by atoms with Crippen LogP contribution in [-0.2, 0) is 5.75 Å². The van der Waals surface area contributed by atoms with Crippen molar-refractivity contribution in [2.75, 3.05) is 14.2 Å². The molecule has 3 heterocycles. The summed E-state index contributed by atoms with van der Waals surface area (Å²) >= 11 is 3.02. The van der Waals surface area contributed by atoms with E-state index in [0.717, 1.165) is 27.6 Å². The fourth-order valence-corrected chi connectivity index (χ4v) is 4.17. The average molecular weight is 415 g/mol. The maximum absolute atomic E-state index is 5.70. The third kappa shape index (κ3) is 3.76. The van der Waals surface area contributed by atoms with Crippen molar-refractivity contribution in [2.45, 2.75) is 17.9 Å². The van der Waals surface area contributed by atoms with Crippen LogP contribution < -0.4 is 9.47 Å². The highest BCUT2D eigenvalue weighted by Gasteiger charge is 2.14. The second-order valence-corrected chi connectivity index (χ2v) is 7.55. The van der Waals surface area contributed by atoms with E-state index in [1.165, 1.54) is 11.8 Å². The number of furan rings is 1. The lowest BCUT2D eigenvalue weighted by molar-refractivity contribution is 0.355. The first-order valence-corrected chi connectivity index (χ1v) is 10.2. The molecule has 28 heavy (non-hydrogen) atoms. The highest BCUT2D eigenvalue weighted by molar-refractivity contribution is 7.98. The monoisotopic (exact) mass is 415 g/mol. The lowest BCUT2D eigenvalue weighted by Crippen LogP contribution is -1.90. The van der Waals surface area contributed by atoms with Gasteiger partial charge in [-0.15, -0.1) is 21.5 Å². The minimum Gasteiger partial charge on any atom is -0.493 e. The summed E-state index contributed by atoms with van der Waals surface area (Å²) in [5.74, 6) is 3.21. The van der Waals surface area contributed by atoms with Crippen LogP contribution in [0.3, 0.4) is 0 Å². The Morgan fingerprint density at radius 1 is 1.11 bits per heavy atom. The van der Waals surface area contributed by atoms with E-state index < -0.39 is 0 Å². The summed E-state index contributed by atoms with van der Waals surface area (Å²) in [7, 11) is 3.24. The summed E-state index contributed by atoms with van der Waals surface area (Å²) in [5.41, 5.74) is 2.73. The third-order valence-electron chi connectivity index (χ3n) is 4.02. The van der Waals surface area contributed by atoms with Gasteiger partial charge in [-0.25, -0.2) is 4.98 Å². The molecule has 0 aliphatic heterocycles. The Labute approximate surface area is 169 Å². The summed E-state index contributed by atoms with van der Waals surface area (Å²) in [4.78, 5) is 4.69. The van der Waals surface area contributed by atoms with Crippen molar-refractivity contribution in [1.29, 1.82) is 0 Å². The van der Waals surface area contributed by atoms with Gasteiger partial charge in [-0.2, -0.15) is 0 Å². The Morgan fingerprint density at radius 2 is 1.96 bits per heavy atom. The Hall–Kier alpha value is -2.78. The van der Waals surface area contributed by atoms with Crippen molar-refractivity contribution in [3.8, 4) is 33.5 Å². The molecule has 9 heteroatoms. The van der Waals surface area contributed by atoms with Crippen molar-refractivity contribution in [3.05, 3.63) is 47.4 Å². The summed E-state index contributed by atoms with van der Waals surface area (Å²) in [6, 6.07) is 7.58. The molecule has 0 atom stereocenters. The SMILES string of the molecule is COc1ccc(-c2nc(CSc3nnc(-c4ccoc4C)o3)cs2)cc1OC. The van der Waals surface area contributed by atoms with Gasteiger partial charge < -0.3 is 18.3 Å².